The summed E-state index contributed by atoms with van der Waals surface area (Å²) < 4.78 is 0. The Labute approximate surface area is 141 Å². The molecule has 0 aliphatic rings. The zero-order valence-electron chi connectivity index (χ0n) is 15.0. The minimum absolute atomic E-state index is 0.0138. The Kier molecular flexibility index (Phi) is 10.3. The van der Waals surface area contributed by atoms with Gasteiger partial charge in [-0.3, -0.25) is 4.98 Å². The van der Waals surface area contributed by atoms with Gasteiger partial charge >= 0.3 is 0 Å². The molecule has 0 aliphatic carbocycles. The lowest BCUT2D eigenvalue weighted by Crippen LogP contribution is -1.82. The van der Waals surface area contributed by atoms with E-state index in [0.717, 1.165) is 12.0 Å². The van der Waals surface area contributed by atoms with Gasteiger partial charge in [-0.05, 0) is 25.3 Å². The number of aromatic nitrogens is 1. The molecule has 3 N–H and O–H groups in total. The lowest BCUT2D eigenvalue weighted by Gasteiger charge is -2.02. The predicted octanol–water partition coefficient (Wildman–Crippen LogP) is 6.53. The number of allylic oxidation sites excluding steroid dienone is 2. The summed E-state index contributed by atoms with van der Waals surface area (Å²) >= 11 is 0. The van der Waals surface area contributed by atoms with Crippen LogP contribution < -0.4 is 0 Å². The largest absolute Gasteiger partial charge is 0.494 e. The Balaban J connectivity index is 1.99. The van der Waals surface area contributed by atoms with Crippen LogP contribution in [-0.2, 0) is 0 Å². The fourth-order valence-electron chi connectivity index (χ4n) is 2.97. The lowest BCUT2D eigenvalue weighted by atomic mass is 10.0. The number of aromatic hydroxyl groups is 2. The first-order valence-corrected chi connectivity index (χ1v) is 9.43. The molecule has 0 unspecified atom stereocenters. The summed E-state index contributed by atoms with van der Waals surface area (Å²) in [6.07, 6.45) is 18.1. The second-order valence-electron chi connectivity index (χ2n) is 6.63. The maximum atomic E-state index is 9.64. The van der Waals surface area contributed by atoms with E-state index >= 15 is 0 Å². The Morgan fingerprint density at radius 2 is 1.43 bits per heavy atom. The van der Waals surface area contributed by atoms with E-state index in [1.807, 2.05) is 6.92 Å². The van der Waals surface area contributed by atoms with Crippen molar-refractivity contribution >= 4 is 5.57 Å². The van der Waals surface area contributed by atoms with E-state index in [9.17, 15) is 10.2 Å². The van der Waals surface area contributed by atoms with E-state index in [-0.39, 0.29) is 11.8 Å². The summed E-state index contributed by atoms with van der Waals surface area (Å²) in [4.78, 5) is 2.50. The van der Waals surface area contributed by atoms with Crippen LogP contribution in [-0.4, -0.2) is 15.2 Å². The molecule has 3 heteroatoms. The molecule has 0 fully saturated rings. The standard InChI is InChI=1S/C20H35NO2/c1-3-4-5-6-7-8-9-10-11-12-13-14-15-17(2)18-16-19(22)21-20(18)23/h15-16,21-23H,3-14H2,1-2H3. The highest BCUT2D eigenvalue weighted by Gasteiger charge is 2.07. The average Bonchev–Trinajstić information content (AvgIpc) is 2.87. The van der Waals surface area contributed by atoms with Crippen molar-refractivity contribution in [1.82, 2.24) is 4.98 Å². The van der Waals surface area contributed by atoms with Gasteiger partial charge in [-0.2, -0.15) is 0 Å². The minimum atomic E-state index is 0.0138. The highest BCUT2D eigenvalue weighted by molar-refractivity contribution is 5.68. The van der Waals surface area contributed by atoms with Crippen molar-refractivity contribution in [3.63, 3.8) is 0 Å². The molecule has 132 valence electrons. The van der Waals surface area contributed by atoms with E-state index in [1.54, 1.807) is 6.07 Å². The molecule has 0 radical (unpaired) electrons. The smallest absolute Gasteiger partial charge is 0.198 e. The number of nitrogens with one attached hydrogen (secondary N) is 1. The second kappa shape index (κ2) is 12.1. The monoisotopic (exact) mass is 321 g/mol. The Morgan fingerprint density at radius 3 is 1.91 bits per heavy atom. The first-order chi connectivity index (χ1) is 11.1. The summed E-state index contributed by atoms with van der Waals surface area (Å²) in [5, 5.41) is 18.9. The van der Waals surface area contributed by atoms with Gasteiger partial charge in [-0.25, -0.2) is 0 Å². The molecule has 0 aromatic carbocycles. The van der Waals surface area contributed by atoms with Gasteiger partial charge in [0.15, 0.2) is 11.8 Å². The van der Waals surface area contributed by atoms with Crippen LogP contribution in [0.4, 0.5) is 0 Å². The fourth-order valence-corrected chi connectivity index (χ4v) is 2.97. The van der Waals surface area contributed by atoms with Gasteiger partial charge in [0.05, 0.1) is 0 Å². The van der Waals surface area contributed by atoms with Crippen molar-refractivity contribution in [1.29, 1.82) is 0 Å². The van der Waals surface area contributed by atoms with E-state index in [4.69, 9.17) is 0 Å². The van der Waals surface area contributed by atoms with Crippen molar-refractivity contribution in [3.05, 3.63) is 17.7 Å². The molecule has 1 heterocycles. The van der Waals surface area contributed by atoms with Gasteiger partial charge in [0.1, 0.15) is 0 Å². The number of aromatic amines is 1. The first kappa shape index (κ1) is 19.7. The van der Waals surface area contributed by atoms with Crippen molar-refractivity contribution in [2.24, 2.45) is 0 Å². The Morgan fingerprint density at radius 1 is 0.913 bits per heavy atom. The molecule has 23 heavy (non-hydrogen) atoms. The van der Waals surface area contributed by atoms with Crippen LogP contribution in [0.1, 0.15) is 96.5 Å². The third-order valence-electron chi connectivity index (χ3n) is 4.47. The molecule has 0 bridgehead atoms. The first-order valence-electron chi connectivity index (χ1n) is 9.43. The summed E-state index contributed by atoms with van der Waals surface area (Å²) in [6.45, 7) is 4.24. The van der Waals surface area contributed by atoms with Crippen LogP contribution in [0, 0.1) is 0 Å². The molecule has 0 amide bonds. The van der Waals surface area contributed by atoms with Crippen LogP contribution in [0.25, 0.3) is 5.57 Å². The fraction of sp³-hybridized carbons (Fsp3) is 0.700. The quantitative estimate of drug-likeness (QED) is 0.362. The zero-order valence-corrected chi connectivity index (χ0v) is 15.0. The maximum Gasteiger partial charge on any atom is 0.198 e. The van der Waals surface area contributed by atoms with E-state index in [0.29, 0.717) is 5.56 Å². The highest BCUT2D eigenvalue weighted by atomic mass is 16.3. The Bertz CT molecular complexity index is 448. The van der Waals surface area contributed by atoms with E-state index < -0.39 is 0 Å². The van der Waals surface area contributed by atoms with Crippen molar-refractivity contribution in [3.8, 4) is 11.8 Å². The molecule has 0 saturated heterocycles. The van der Waals surface area contributed by atoms with Gasteiger partial charge < -0.3 is 10.2 Å². The topological polar surface area (TPSA) is 56.2 Å². The van der Waals surface area contributed by atoms with Gasteiger partial charge in [-0.15, -0.1) is 0 Å². The van der Waals surface area contributed by atoms with Crippen LogP contribution in [0.2, 0.25) is 0 Å². The molecular formula is C20H35NO2. The summed E-state index contributed by atoms with van der Waals surface area (Å²) in [5.41, 5.74) is 1.72. The number of hydrogen-bond acceptors (Lipinski definition) is 2. The van der Waals surface area contributed by atoms with E-state index in [1.165, 1.54) is 70.6 Å². The van der Waals surface area contributed by atoms with Gasteiger partial charge in [0, 0.05) is 11.6 Å². The third-order valence-corrected chi connectivity index (χ3v) is 4.47. The van der Waals surface area contributed by atoms with Gasteiger partial charge in [0.25, 0.3) is 0 Å². The molecule has 1 rings (SSSR count). The van der Waals surface area contributed by atoms with Crippen molar-refractivity contribution in [2.45, 2.75) is 90.9 Å². The van der Waals surface area contributed by atoms with Gasteiger partial charge in [-0.1, -0.05) is 77.2 Å². The van der Waals surface area contributed by atoms with Crippen LogP contribution >= 0.6 is 0 Å². The molecule has 0 saturated carbocycles. The van der Waals surface area contributed by atoms with Gasteiger partial charge in [0.2, 0.25) is 0 Å². The zero-order chi connectivity index (χ0) is 16.9. The molecular weight excluding hydrogens is 286 g/mol. The summed E-state index contributed by atoms with van der Waals surface area (Å²) in [7, 11) is 0. The maximum absolute atomic E-state index is 9.64. The number of unbranched alkanes of at least 4 members (excludes halogenated alkanes) is 11. The predicted molar refractivity (Wildman–Crippen MR) is 98.9 cm³/mol. The average molecular weight is 322 g/mol. The number of rotatable bonds is 13. The number of hydrogen-bond donors (Lipinski definition) is 3. The molecule has 0 atom stereocenters. The summed E-state index contributed by atoms with van der Waals surface area (Å²) in [5.74, 6) is 0.0649. The van der Waals surface area contributed by atoms with Crippen molar-refractivity contribution in [2.75, 3.05) is 0 Å². The normalized spacial score (nSPS) is 12.0. The molecule has 1 aromatic rings. The lowest BCUT2D eigenvalue weighted by molar-refractivity contribution is 0.425. The Hall–Kier alpha value is -1.38. The highest BCUT2D eigenvalue weighted by Crippen LogP contribution is 2.28. The summed E-state index contributed by atoms with van der Waals surface area (Å²) in [6, 6.07) is 1.57. The van der Waals surface area contributed by atoms with Crippen molar-refractivity contribution < 1.29 is 10.2 Å². The van der Waals surface area contributed by atoms with Crippen LogP contribution in [0.3, 0.4) is 0 Å². The minimum Gasteiger partial charge on any atom is -0.494 e. The van der Waals surface area contributed by atoms with Crippen LogP contribution in [0.15, 0.2) is 12.1 Å². The van der Waals surface area contributed by atoms with E-state index in [2.05, 4.69) is 18.0 Å². The molecule has 0 aliphatic heterocycles. The molecule has 0 spiro atoms. The molecule has 1 aromatic heterocycles. The SMILES string of the molecule is CCCCCCCCCCCCCC=C(C)c1cc(O)[nH]c1O. The molecule has 3 nitrogen and oxygen atoms in total. The number of H-pyrrole nitrogens is 1. The third kappa shape index (κ3) is 8.73. The van der Waals surface area contributed by atoms with Crippen LogP contribution in [0.5, 0.6) is 11.8 Å². The second-order valence-corrected chi connectivity index (χ2v) is 6.63.